The van der Waals surface area contributed by atoms with Gasteiger partial charge in [-0.3, -0.25) is 4.79 Å². The van der Waals surface area contributed by atoms with Crippen LogP contribution in [0, 0.1) is 12.7 Å². The summed E-state index contributed by atoms with van der Waals surface area (Å²) in [6.07, 6.45) is 0. The van der Waals surface area contributed by atoms with E-state index in [-0.39, 0.29) is 11.7 Å². The minimum absolute atomic E-state index is 0.0155. The second-order valence-corrected chi connectivity index (χ2v) is 6.67. The smallest absolute Gasteiger partial charge is 0.272 e. The van der Waals surface area contributed by atoms with E-state index in [1.54, 1.807) is 16.8 Å². The Labute approximate surface area is 157 Å². The van der Waals surface area contributed by atoms with Crippen molar-refractivity contribution in [2.75, 3.05) is 31.1 Å². The minimum Gasteiger partial charge on any atom is -0.368 e. The number of nitrogens with zero attached hydrogens (tertiary/aromatic N) is 4. The average molecular weight is 364 g/mol. The third-order valence-corrected chi connectivity index (χ3v) is 4.81. The lowest BCUT2D eigenvalue weighted by molar-refractivity contribution is 0.0737. The normalized spacial score (nSPS) is 14.4. The Kier molecular flexibility index (Phi) is 4.62. The molecule has 1 amide bonds. The van der Waals surface area contributed by atoms with E-state index in [0.29, 0.717) is 18.8 Å². The molecule has 1 aromatic heterocycles. The Morgan fingerprint density at radius 3 is 2.26 bits per heavy atom. The van der Waals surface area contributed by atoms with Crippen LogP contribution < -0.4 is 4.90 Å². The molecule has 0 unspecified atom stereocenters. The Hall–Kier alpha value is -3.15. The largest absolute Gasteiger partial charge is 0.368 e. The van der Waals surface area contributed by atoms with Crippen molar-refractivity contribution in [1.82, 2.24) is 14.7 Å². The standard InChI is InChI=1S/C21H21FN4O/c1-16-15-20(26(23-16)19-5-3-2-4-6-19)21(27)25-13-11-24(12-14-25)18-9-7-17(22)8-10-18/h2-10,15H,11-14H2,1H3. The van der Waals surface area contributed by atoms with Crippen LogP contribution in [0.3, 0.4) is 0 Å². The van der Waals surface area contributed by atoms with Crippen LogP contribution in [0.25, 0.3) is 5.69 Å². The fourth-order valence-electron chi connectivity index (χ4n) is 3.40. The number of carbonyl (C=O) groups excluding carboxylic acids is 1. The lowest BCUT2D eigenvalue weighted by atomic mass is 10.2. The molecule has 0 radical (unpaired) electrons. The Morgan fingerprint density at radius 1 is 0.926 bits per heavy atom. The maximum atomic E-state index is 13.1. The van der Waals surface area contributed by atoms with Gasteiger partial charge in [0.2, 0.25) is 0 Å². The zero-order valence-electron chi connectivity index (χ0n) is 15.2. The molecular weight excluding hydrogens is 343 g/mol. The summed E-state index contributed by atoms with van der Waals surface area (Å²) >= 11 is 0. The fourth-order valence-corrected chi connectivity index (χ4v) is 3.40. The third kappa shape index (κ3) is 3.56. The molecule has 6 heteroatoms. The Bertz CT molecular complexity index is 929. The van der Waals surface area contributed by atoms with Gasteiger partial charge in [0, 0.05) is 31.9 Å². The van der Waals surface area contributed by atoms with Gasteiger partial charge in [-0.25, -0.2) is 9.07 Å². The van der Waals surface area contributed by atoms with E-state index in [9.17, 15) is 9.18 Å². The first-order valence-corrected chi connectivity index (χ1v) is 9.04. The first-order valence-electron chi connectivity index (χ1n) is 9.04. The Morgan fingerprint density at radius 2 is 1.59 bits per heavy atom. The number of benzene rings is 2. The van der Waals surface area contributed by atoms with Gasteiger partial charge in [-0.15, -0.1) is 0 Å². The van der Waals surface area contributed by atoms with Crippen LogP contribution in [0.4, 0.5) is 10.1 Å². The highest BCUT2D eigenvalue weighted by Crippen LogP contribution is 2.19. The molecule has 0 atom stereocenters. The molecule has 0 N–H and O–H groups in total. The quantitative estimate of drug-likeness (QED) is 0.716. The van der Waals surface area contributed by atoms with Crippen molar-refractivity contribution in [3.05, 3.63) is 77.9 Å². The van der Waals surface area contributed by atoms with Gasteiger partial charge in [0.25, 0.3) is 5.91 Å². The number of rotatable bonds is 3. The monoisotopic (exact) mass is 364 g/mol. The summed E-state index contributed by atoms with van der Waals surface area (Å²) in [5.74, 6) is -0.254. The number of carbonyl (C=O) groups is 1. The van der Waals surface area contributed by atoms with Gasteiger partial charge in [-0.05, 0) is 49.4 Å². The number of piperazine rings is 1. The number of halogens is 1. The highest BCUT2D eigenvalue weighted by molar-refractivity contribution is 5.93. The predicted molar refractivity (Wildman–Crippen MR) is 103 cm³/mol. The number of hydrogen-bond donors (Lipinski definition) is 0. The van der Waals surface area contributed by atoms with Gasteiger partial charge in [0.05, 0.1) is 11.4 Å². The third-order valence-electron chi connectivity index (χ3n) is 4.81. The summed E-state index contributed by atoms with van der Waals surface area (Å²) in [5, 5.41) is 4.49. The van der Waals surface area contributed by atoms with E-state index >= 15 is 0 Å². The maximum absolute atomic E-state index is 13.1. The van der Waals surface area contributed by atoms with Crippen LogP contribution in [0.5, 0.6) is 0 Å². The van der Waals surface area contributed by atoms with Crippen molar-refractivity contribution in [3.63, 3.8) is 0 Å². The average Bonchev–Trinajstić information content (AvgIpc) is 3.10. The molecule has 1 aliphatic rings. The summed E-state index contributed by atoms with van der Waals surface area (Å²) < 4.78 is 14.8. The van der Waals surface area contributed by atoms with Crippen molar-refractivity contribution >= 4 is 11.6 Å². The summed E-state index contributed by atoms with van der Waals surface area (Å²) in [6.45, 7) is 4.57. The van der Waals surface area contributed by atoms with Gasteiger partial charge < -0.3 is 9.80 Å². The maximum Gasteiger partial charge on any atom is 0.272 e. The molecule has 2 heterocycles. The van der Waals surface area contributed by atoms with Crippen molar-refractivity contribution in [2.24, 2.45) is 0 Å². The molecular formula is C21H21FN4O. The molecule has 3 aromatic rings. The lowest BCUT2D eigenvalue weighted by Crippen LogP contribution is -2.49. The predicted octanol–water partition coefficient (Wildman–Crippen LogP) is 3.28. The molecule has 0 bridgehead atoms. The zero-order chi connectivity index (χ0) is 18.8. The van der Waals surface area contributed by atoms with E-state index in [0.717, 1.165) is 30.2 Å². The van der Waals surface area contributed by atoms with Crippen LogP contribution in [0.2, 0.25) is 0 Å². The van der Waals surface area contributed by atoms with Gasteiger partial charge in [-0.1, -0.05) is 18.2 Å². The highest BCUT2D eigenvalue weighted by Gasteiger charge is 2.25. The van der Waals surface area contributed by atoms with E-state index in [1.807, 2.05) is 48.2 Å². The zero-order valence-corrected chi connectivity index (χ0v) is 15.2. The molecule has 27 heavy (non-hydrogen) atoms. The van der Waals surface area contributed by atoms with Crippen LogP contribution in [0.15, 0.2) is 60.7 Å². The molecule has 2 aromatic carbocycles. The van der Waals surface area contributed by atoms with Gasteiger partial charge in [0.15, 0.2) is 0 Å². The number of hydrogen-bond acceptors (Lipinski definition) is 3. The topological polar surface area (TPSA) is 41.4 Å². The summed E-state index contributed by atoms with van der Waals surface area (Å²) in [4.78, 5) is 17.1. The minimum atomic E-state index is -0.239. The second kappa shape index (κ2) is 7.23. The second-order valence-electron chi connectivity index (χ2n) is 6.67. The molecule has 0 saturated carbocycles. The fraction of sp³-hybridized carbons (Fsp3) is 0.238. The molecule has 0 aliphatic carbocycles. The molecule has 1 saturated heterocycles. The molecule has 4 rings (SSSR count). The van der Waals surface area contributed by atoms with E-state index < -0.39 is 0 Å². The van der Waals surface area contributed by atoms with Gasteiger partial charge in [-0.2, -0.15) is 5.10 Å². The summed E-state index contributed by atoms with van der Waals surface area (Å²) in [6, 6.07) is 18.0. The van der Waals surface area contributed by atoms with Gasteiger partial charge >= 0.3 is 0 Å². The SMILES string of the molecule is Cc1cc(C(=O)N2CCN(c3ccc(F)cc3)CC2)n(-c2ccccc2)n1. The van der Waals surface area contributed by atoms with E-state index in [1.165, 1.54) is 12.1 Å². The molecule has 1 fully saturated rings. The number of anilines is 1. The van der Waals surface area contributed by atoms with Crippen LogP contribution in [-0.4, -0.2) is 46.8 Å². The number of aromatic nitrogens is 2. The first-order chi connectivity index (χ1) is 13.1. The summed E-state index contributed by atoms with van der Waals surface area (Å²) in [7, 11) is 0. The van der Waals surface area contributed by atoms with E-state index in [4.69, 9.17) is 0 Å². The molecule has 138 valence electrons. The number of amides is 1. The van der Waals surface area contributed by atoms with Crippen molar-refractivity contribution in [3.8, 4) is 5.69 Å². The lowest BCUT2D eigenvalue weighted by Gasteiger charge is -2.36. The van der Waals surface area contributed by atoms with Crippen LogP contribution >= 0.6 is 0 Å². The Balaban J connectivity index is 1.50. The number of para-hydroxylation sites is 1. The van der Waals surface area contributed by atoms with E-state index in [2.05, 4.69) is 10.00 Å². The summed E-state index contributed by atoms with van der Waals surface area (Å²) in [5.41, 5.74) is 3.24. The van der Waals surface area contributed by atoms with Crippen LogP contribution in [0.1, 0.15) is 16.2 Å². The molecule has 1 aliphatic heterocycles. The first kappa shape index (κ1) is 17.3. The highest BCUT2D eigenvalue weighted by atomic mass is 19.1. The number of aryl methyl sites for hydroxylation is 1. The van der Waals surface area contributed by atoms with Crippen molar-refractivity contribution in [2.45, 2.75) is 6.92 Å². The van der Waals surface area contributed by atoms with Crippen molar-refractivity contribution in [1.29, 1.82) is 0 Å². The van der Waals surface area contributed by atoms with Gasteiger partial charge in [0.1, 0.15) is 11.5 Å². The van der Waals surface area contributed by atoms with Crippen molar-refractivity contribution < 1.29 is 9.18 Å². The molecule has 0 spiro atoms. The molecule has 5 nitrogen and oxygen atoms in total. The van der Waals surface area contributed by atoms with Crippen LogP contribution in [-0.2, 0) is 0 Å².